The molecule has 0 heterocycles. The molecule has 0 aromatic rings. The average molecular weight is 418 g/mol. The van der Waals surface area contributed by atoms with E-state index in [0.717, 1.165) is 0 Å². The summed E-state index contributed by atoms with van der Waals surface area (Å²) in [6.07, 6.45) is -2.36. The Morgan fingerprint density at radius 3 is 1.97 bits per heavy atom. The SMILES string of the molecule is CC(O)C(NC(=O)C(N)CCC(N)=O)C(=O)NC(CC(N)=O)C(=O)NCC(=O)O. The van der Waals surface area contributed by atoms with E-state index in [1.54, 1.807) is 0 Å². The number of carbonyl (C=O) groups is 6. The van der Waals surface area contributed by atoms with Crippen LogP contribution in [0.1, 0.15) is 26.2 Å². The van der Waals surface area contributed by atoms with E-state index in [-0.39, 0.29) is 12.8 Å². The third kappa shape index (κ3) is 10.6. The molecule has 14 heteroatoms. The third-order valence-corrected chi connectivity index (χ3v) is 3.55. The summed E-state index contributed by atoms with van der Waals surface area (Å²) in [7, 11) is 0. The highest BCUT2D eigenvalue weighted by Gasteiger charge is 2.31. The molecule has 11 N–H and O–H groups in total. The molecule has 4 unspecified atom stereocenters. The zero-order valence-electron chi connectivity index (χ0n) is 15.7. The Balaban J connectivity index is 5.15. The fourth-order valence-electron chi connectivity index (χ4n) is 2.05. The maximum Gasteiger partial charge on any atom is 0.322 e. The van der Waals surface area contributed by atoms with Gasteiger partial charge in [-0.3, -0.25) is 28.8 Å². The van der Waals surface area contributed by atoms with Crippen LogP contribution in [0.5, 0.6) is 0 Å². The first kappa shape index (κ1) is 25.7. The number of aliphatic carboxylic acids is 1. The van der Waals surface area contributed by atoms with Gasteiger partial charge < -0.3 is 43.4 Å². The minimum atomic E-state index is -1.57. The molecule has 0 saturated heterocycles. The first-order valence-electron chi connectivity index (χ1n) is 8.45. The Morgan fingerprint density at radius 2 is 1.52 bits per heavy atom. The molecular formula is C15H26N6O8. The molecule has 0 spiro atoms. The number of carboxylic acids is 1. The van der Waals surface area contributed by atoms with Crippen LogP contribution < -0.4 is 33.2 Å². The lowest BCUT2D eigenvalue weighted by Crippen LogP contribution is -2.59. The summed E-state index contributed by atoms with van der Waals surface area (Å²) >= 11 is 0. The highest BCUT2D eigenvalue weighted by Crippen LogP contribution is 2.01. The Bertz CT molecular complexity index is 653. The van der Waals surface area contributed by atoms with Crippen molar-refractivity contribution < 1.29 is 39.0 Å². The van der Waals surface area contributed by atoms with Crippen LogP contribution in [-0.4, -0.2) is 76.5 Å². The number of amides is 5. The Hall–Kier alpha value is -3.26. The fourth-order valence-corrected chi connectivity index (χ4v) is 2.05. The second kappa shape index (κ2) is 12.2. The van der Waals surface area contributed by atoms with Crippen molar-refractivity contribution in [1.29, 1.82) is 0 Å². The molecule has 0 aromatic carbocycles. The maximum absolute atomic E-state index is 12.4. The number of hydrogen-bond donors (Lipinski definition) is 8. The summed E-state index contributed by atoms with van der Waals surface area (Å²) in [6.45, 7) is 0.405. The van der Waals surface area contributed by atoms with Crippen LogP contribution >= 0.6 is 0 Å². The van der Waals surface area contributed by atoms with E-state index in [1.165, 1.54) is 6.92 Å². The molecule has 0 aliphatic heterocycles. The monoisotopic (exact) mass is 418 g/mol. The van der Waals surface area contributed by atoms with E-state index in [9.17, 15) is 33.9 Å². The van der Waals surface area contributed by atoms with Gasteiger partial charge in [-0.05, 0) is 13.3 Å². The van der Waals surface area contributed by atoms with Gasteiger partial charge >= 0.3 is 5.97 Å². The molecule has 0 aliphatic rings. The first-order chi connectivity index (χ1) is 13.3. The molecular weight excluding hydrogens is 392 g/mol. The lowest BCUT2D eigenvalue weighted by Gasteiger charge is -2.25. The van der Waals surface area contributed by atoms with Gasteiger partial charge in [-0.2, -0.15) is 0 Å². The van der Waals surface area contributed by atoms with Crippen LogP contribution in [0.2, 0.25) is 0 Å². The van der Waals surface area contributed by atoms with Crippen molar-refractivity contribution in [1.82, 2.24) is 16.0 Å². The molecule has 0 rings (SSSR count). The number of carbonyl (C=O) groups excluding carboxylic acids is 5. The van der Waals surface area contributed by atoms with Gasteiger partial charge in [0.1, 0.15) is 18.6 Å². The van der Waals surface area contributed by atoms with Gasteiger partial charge in [-0.25, -0.2) is 0 Å². The highest BCUT2D eigenvalue weighted by molar-refractivity contribution is 5.96. The van der Waals surface area contributed by atoms with Crippen molar-refractivity contribution in [2.45, 2.75) is 50.4 Å². The Morgan fingerprint density at radius 1 is 0.931 bits per heavy atom. The van der Waals surface area contributed by atoms with Crippen LogP contribution in [0.25, 0.3) is 0 Å². The molecule has 0 radical (unpaired) electrons. The fraction of sp³-hybridized carbons (Fsp3) is 0.600. The molecule has 5 amide bonds. The van der Waals surface area contributed by atoms with E-state index >= 15 is 0 Å². The lowest BCUT2D eigenvalue weighted by molar-refractivity contribution is -0.139. The van der Waals surface area contributed by atoms with Gasteiger partial charge in [0, 0.05) is 6.42 Å². The number of rotatable bonds is 13. The van der Waals surface area contributed by atoms with Crippen LogP contribution in [0.4, 0.5) is 0 Å². The van der Waals surface area contributed by atoms with E-state index in [0.29, 0.717) is 0 Å². The van der Waals surface area contributed by atoms with Crippen LogP contribution in [0.15, 0.2) is 0 Å². The van der Waals surface area contributed by atoms with Crippen LogP contribution in [-0.2, 0) is 28.8 Å². The number of carboxylic acid groups (broad SMARTS) is 1. The molecule has 0 fully saturated rings. The summed E-state index contributed by atoms with van der Waals surface area (Å²) in [5.41, 5.74) is 15.6. The lowest BCUT2D eigenvalue weighted by atomic mass is 10.1. The highest BCUT2D eigenvalue weighted by atomic mass is 16.4. The topological polar surface area (TPSA) is 257 Å². The molecule has 14 nitrogen and oxygen atoms in total. The van der Waals surface area contributed by atoms with Gasteiger partial charge in [0.2, 0.25) is 29.5 Å². The third-order valence-electron chi connectivity index (χ3n) is 3.55. The molecule has 29 heavy (non-hydrogen) atoms. The minimum Gasteiger partial charge on any atom is -0.480 e. The number of primary amides is 2. The van der Waals surface area contributed by atoms with E-state index < -0.39 is 72.7 Å². The summed E-state index contributed by atoms with van der Waals surface area (Å²) in [4.78, 5) is 68.8. The first-order valence-corrected chi connectivity index (χ1v) is 8.45. The molecule has 0 saturated carbocycles. The number of nitrogens with one attached hydrogen (secondary N) is 3. The second-order valence-electron chi connectivity index (χ2n) is 6.18. The van der Waals surface area contributed by atoms with Gasteiger partial charge in [-0.1, -0.05) is 0 Å². The number of aliphatic hydroxyl groups is 1. The van der Waals surface area contributed by atoms with Crippen molar-refractivity contribution in [3.05, 3.63) is 0 Å². The zero-order chi connectivity index (χ0) is 22.7. The predicted molar refractivity (Wildman–Crippen MR) is 96.4 cm³/mol. The number of hydrogen-bond acceptors (Lipinski definition) is 8. The smallest absolute Gasteiger partial charge is 0.322 e. The molecule has 4 atom stereocenters. The van der Waals surface area contributed by atoms with Gasteiger partial charge in [0.15, 0.2) is 0 Å². The zero-order valence-corrected chi connectivity index (χ0v) is 15.7. The quantitative estimate of drug-likeness (QED) is 0.142. The Labute approximate surface area is 165 Å². The minimum absolute atomic E-state index is 0.1000. The van der Waals surface area contributed by atoms with Crippen molar-refractivity contribution >= 4 is 35.5 Å². The number of nitrogens with two attached hydrogens (primary N) is 3. The van der Waals surface area contributed by atoms with Gasteiger partial charge in [-0.15, -0.1) is 0 Å². The largest absolute Gasteiger partial charge is 0.480 e. The summed E-state index contributed by atoms with van der Waals surface area (Å²) in [6, 6.07) is -4.30. The van der Waals surface area contributed by atoms with Crippen LogP contribution in [0, 0.1) is 0 Å². The summed E-state index contributed by atoms with van der Waals surface area (Å²) < 4.78 is 0. The second-order valence-corrected chi connectivity index (χ2v) is 6.18. The van der Waals surface area contributed by atoms with Crippen molar-refractivity contribution in [2.75, 3.05) is 6.54 Å². The summed E-state index contributed by atoms with van der Waals surface area (Å²) in [5.74, 6) is -5.93. The molecule has 164 valence electrons. The Kier molecular flexibility index (Phi) is 10.9. The van der Waals surface area contributed by atoms with E-state index in [1.807, 2.05) is 5.32 Å². The normalized spacial score (nSPS) is 14.6. The summed E-state index contributed by atoms with van der Waals surface area (Å²) in [5, 5.41) is 24.6. The molecule has 0 aromatic heterocycles. The van der Waals surface area contributed by atoms with Gasteiger partial charge in [0.05, 0.1) is 18.6 Å². The molecule has 0 aliphatic carbocycles. The van der Waals surface area contributed by atoms with Crippen molar-refractivity contribution in [3.63, 3.8) is 0 Å². The van der Waals surface area contributed by atoms with Crippen LogP contribution in [0.3, 0.4) is 0 Å². The van der Waals surface area contributed by atoms with E-state index in [2.05, 4.69) is 10.6 Å². The van der Waals surface area contributed by atoms with Gasteiger partial charge in [0.25, 0.3) is 0 Å². The molecule has 0 bridgehead atoms. The average Bonchev–Trinajstić information content (AvgIpc) is 2.60. The van der Waals surface area contributed by atoms with Crippen molar-refractivity contribution in [3.8, 4) is 0 Å². The predicted octanol–water partition coefficient (Wildman–Crippen LogP) is -4.99. The van der Waals surface area contributed by atoms with E-state index in [4.69, 9.17) is 22.3 Å². The standard InChI is InChI=1S/C15H26N6O8/c1-6(22)12(21-13(27)7(16)2-3-9(17)23)15(29)20-8(4-10(18)24)14(28)19-5-11(25)26/h6-8,12,22H,2-5,16H2,1H3,(H2,17,23)(H2,18,24)(H,19,28)(H,20,29)(H,21,27)(H,25,26). The number of aliphatic hydroxyl groups excluding tert-OH is 1. The van der Waals surface area contributed by atoms with Crippen molar-refractivity contribution in [2.24, 2.45) is 17.2 Å². The maximum atomic E-state index is 12.4.